The molecule has 2 aromatic carbocycles. The van der Waals surface area contributed by atoms with Crippen LogP contribution < -0.4 is 10.1 Å². The molecule has 0 fully saturated rings. The first kappa shape index (κ1) is 18.8. The Bertz CT molecular complexity index is 864. The van der Waals surface area contributed by atoms with Crippen LogP contribution in [0.2, 0.25) is 5.02 Å². The van der Waals surface area contributed by atoms with Crippen LogP contribution in [0.5, 0.6) is 5.75 Å². The highest BCUT2D eigenvalue weighted by atomic mass is 35.5. The van der Waals surface area contributed by atoms with Gasteiger partial charge in [0, 0.05) is 27.4 Å². The summed E-state index contributed by atoms with van der Waals surface area (Å²) < 4.78 is 5.12. The lowest BCUT2D eigenvalue weighted by atomic mass is 10.1. The molecule has 0 aliphatic rings. The molecule has 0 aliphatic carbocycles. The van der Waals surface area contributed by atoms with Crippen LogP contribution in [0.25, 0.3) is 0 Å². The highest BCUT2D eigenvalue weighted by Crippen LogP contribution is 2.24. The molecule has 0 saturated carbocycles. The van der Waals surface area contributed by atoms with Gasteiger partial charge in [0.05, 0.1) is 12.9 Å². The second-order valence-corrected chi connectivity index (χ2v) is 8.05. The third-order valence-electron chi connectivity index (χ3n) is 3.52. The summed E-state index contributed by atoms with van der Waals surface area (Å²) in [5.74, 6) is 1.06. The lowest BCUT2D eigenvalue weighted by molar-refractivity contribution is -0.113. The van der Waals surface area contributed by atoms with E-state index >= 15 is 0 Å². The van der Waals surface area contributed by atoms with E-state index < -0.39 is 0 Å². The van der Waals surface area contributed by atoms with Crippen molar-refractivity contribution in [3.8, 4) is 5.75 Å². The lowest BCUT2D eigenvalue weighted by Crippen LogP contribution is -2.13. The average molecular weight is 405 g/mol. The fourth-order valence-corrected chi connectivity index (χ4v) is 3.91. The zero-order chi connectivity index (χ0) is 18.4. The van der Waals surface area contributed by atoms with Gasteiger partial charge in [-0.15, -0.1) is 23.1 Å². The summed E-state index contributed by atoms with van der Waals surface area (Å²) in [5.41, 5.74) is 1.16. The van der Waals surface area contributed by atoms with Gasteiger partial charge in [-0.3, -0.25) is 4.79 Å². The standard InChI is InChI=1S/C19H17ClN2O2S2/c1-24-15-6-8-16(9-7-15)25-12-18(23)22-19-21-11-17(26-19)10-13-2-4-14(20)5-3-13/h2-9,11H,10,12H2,1H3,(H,21,22,23). The molecule has 4 nitrogen and oxygen atoms in total. The first-order chi connectivity index (χ1) is 12.6. The SMILES string of the molecule is COc1ccc(SCC(=O)Nc2ncc(Cc3ccc(Cl)cc3)s2)cc1. The first-order valence-corrected chi connectivity index (χ1v) is 10.1. The van der Waals surface area contributed by atoms with Crippen LogP contribution in [-0.4, -0.2) is 23.8 Å². The molecule has 3 aromatic rings. The number of carbonyl (C=O) groups excluding carboxylic acids is 1. The number of hydrogen-bond acceptors (Lipinski definition) is 5. The maximum Gasteiger partial charge on any atom is 0.236 e. The molecule has 134 valence electrons. The molecule has 0 unspecified atom stereocenters. The van der Waals surface area contributed by atoms with Gasteiger partial charge in [-0.2, -0.15) is 0 Å². The molecule has 0 radical (unpaired) electrons. The molecule has 26 heavy (non-hydrogen) atoms. The minimum atomic E-state index is -0.0711. The second-order valence-electron chi connectivity index (χ2n) is 5.45. The zero-order valence-corrected chi connectivity index (χ0v) is 16.5. The van der Waals surface area contributed by atoms with Gasteiger partial charge >= 0.3 is 0 Å². The Balaban J connectivity index is 1.49. The number of ether oxygens (including phenoxy) is 1. The fraction of sp³-hybridized carbons (Fsp3) is 0.158. The number of benzene rings is 2. The number of carbonyl (C=O) groups is 1. The molecule has 1 heterocycles. The number of halogens is 1. The van der Waals surface area contributed by atoms with E-state index in [1.807, 2.05) is 48.5 Å². The van der Waals surface area contributed by atoms with Crippen molar-refractivity contribution in [3.63, 3.8) is 0 Å². The lowest BCUT2D eigenvalue weighted by Gasteiger charge is -2.03. The summed E-state index contributed by atoms with van der Waals surface area (Å²) in [6.45, 7) is 0. The number of thioether (sulfide) groups is 1. The minimum Gasteiger partial charge on any atom is -0.497 e. The maximum atomic E-state index is 12.1. The molecule has 0 saturated heterocycles. The summed E-state index contributed by atoms with van der Waals surface area (Å²) in [4.78, 5) is 18.5. The summed E-state index contributed by atoms with van der Waals surface area (Å²) in [6, 6.07) is 15.4. The van der Waals surface area contributed by atoms with E-state index in [0.717, 1.165) is 32.5 Å². The van der Waals surface area contributed by atoms with Crippen molar-refractivity contribution in [2.24, 2.45) is 0 Å². The molecule has 0 atom stereocenters. The largest absolute Gasteiger partial charge is 0.497 e. The maximum absolute atomic E-state index is 12.1. The number of aromatic nitrogens is 1. The number of thiazole rings is 1. The molecular weight excluding hydrogens is 388 g/mol. The van der Waals surface area contributed by atoms with Crippen molar-refractivity contribution in [3.05, 3.63) is 70.2 Å². The molecular formula is C19H17ClN2O2S2. The van der Waals surface area contributed by atoms with Crippen molar-refractivity contribution in [1.29, 1.82) is 0 Å². The van der Waals surface area contributed by atoms with Gasteiger partial charge in [-0.1, -0.05) is 23.7 Å². The Morgan fingerprint density at radius 2 is 1.92 bits per heavy atom. The van der Waals surface area contributed by atoms with E-state index in [9.17, 15) is 4.79 Å². The number of hydrogen-bond donors (Lipinski definition) is 1. The normalized spacial score (nSPS) is 10.5. The molecule has 1 amide bonds. The summed E-state index contributed by atoms with van der Waals surface area (Å²) in [6.07, 6.45) is 2.57. The van der Waals surface area contributed by atoms with Gasteiger partial charge in [0.2, 0.25) is 5.91 Å². The Morgan fingerprint density at radius 3 is 2.62 bits per heavy atom. The second kappa shape index (κ2) is 9.07. The van der Waals surface area contributed by atoms with Crippen molar-refractivity contribution in [2.75, 3.05) is 18.2 Å². The molecule has 1 aromatic heterocycles. The summed E-state index contributed by atoms with van der Waals surface area (Å²) in [7, 11) is 1.63. The van der Waals surface area contributed by atoms with E-state index in [-0.39, 0.29) is 5.91 Å². The Labute approximate surface area is 165 Å². The van der Waals surface area contributed by atoms with Gasteiger partial charge in [0.1, 0.15) is 5.75 Å². The average Bonchev–Trinajstić information content (AvgIpc) is 3.09. The smallest absolute Gasteiger partial charge is 0.236 e. The monoisotopic (exact) mass is 404 g/mol. The van der Waals surface area contributed by atoms with Gasteiger partial charge in [0.15, 0.2) is 5.13 Å². The van der Waals surface area contributed by atoms with Crippen LogP contribution in [0.4, 0.5) is 5.13 Å². The van der Waals surface area contributed by atoms with Crippen LogP contribution in [0, 0.1) is 0 Å². The predicted octanol–water partition coefficient (Wildman–Crippen LogP) is 5.13. The minimum absolute atomic E-state index is 0.0711. The molecule has 0 aliphatic heterocycles. The van der Waals surface area contributed by atoms with Gasteiger partial charge < -0.3 is 10.1 Å². The number of rotatable bonds is 7. The van der Waals surface area contributed by atoms with Crippen LogP contribution in [0.1, 0.15) is 10.4 Å². The predicted molar refractivity (Wildman–Crippen MR) is 109 cm³/mol. The van der Waals surface area contributed by atoms with Crippen molar-refractivity contribution in [1.82, 2.24) is 4.98 Å². The van der Waals surface area contributed by atoms with E-state index in [1.165, 1.54) is 23.1 Å². The van der Waals surface area contributed by atoms with Crippen LogP contribution in [0.3, 0.4) is 0 Å². The number of anilines is 1. The van der Waals surface area contributed by atoms with Crippen LogP contribution in [0.15, 0.2) is 59.6 Å². The molecule has 0 bridgehead atoms. The van der Waals surface area contributed by atoms with Gasteiger partial charge in [-0.05, 0) is 42.0 Å². The highest BCUT2D eigenvalue weighted by Gasteiger charge is 2.08. The number of nitrogens with one attached hydrogen (secondary N) is 1. The number of nitrogens with zero attached hydrogens (tertiary/aromatic N) is 1. The molecule has 7 heteroatoms. The third kappa shape index (κ3) is 5.49. The topological polar surface area (TPSA) is 51.2 Å². The van der Waals surface area contributed by atoms with Crippen LogP contribution >= 0.6 is 34.7 Å². The summed E-state index contributed by atoms with van der Waals surface area (Å²) in [5, 5.41) is 4.19. The number of amides is 1. The zero-order valence-electron chi connectivity index (χ0n) is 14.1. The molecule has 0 spiro atoms. The Morgan fingerprint density at radius 1 is 1.19 bits per heavy atom. The highest BCUT2D eigenvalue weighted by molar-refractivity contribution is 8.00. The van der Waals surface area contributed by atoms with E-state index in [4.69, 9.17) is 16.3 Å². The fourth-order valence-electron chi connectivity index (χ4n) is 2.23. The molecule has 1 N–H and O–H groups in total. The van der Waals surface area contributed by atoms with E-state index in [0.29, 0.717) is 10.9 Å². The van der Waals surface area contributed by atoms with Crippen LogP contribution in [-0.2, 0) is 11.2 Å². The van der Waals surface area contributed by atoms with Gasteiger partial charge in [0.25, 0.3) is 0 Å². The Kier molecular flexibility index (Phi) is 6.55. The van der Waals surface area contributed by atoms with E-state index in [1.54, 1.807) is 13.3 Å². The van der Waals surface area contributed by atoms with Gasteiger partial charge in [-0.25, -0.2) is 4.98 Å². The third-order valence-corrected chi connectivity index (χ3v) is 5.70. The number of methoxy groups -OCH3 is 1. The quantitative estimate of drug-likeness (QED) is 0.555. The molecule has 3 rings (SSSR count). The first-order valence-electron chi connectivity index (χ1n) is 7.88. The van der Waals surface area contributed by atoms with Crippen molar-refractivity contribution in [2.45, 2.75) is 11.3 Å². The summed E-state index contributed by atoms with van der Waals surface area (Å²) >= 11 is 8.86. The van der Waals surface area contributed by atoms with Crippen molar-refractivity contribution >= 4 is 45.7 Å². The van der Waals surface area contributed by atoms with Crippen molar-refractivity contribution < 1.29 is 9.53 Å². The Hall–Kier alpha value is -2.02. The van der Waals surface area contributed by atoms with E-state index in [2.05, 4.69) is 10.3 Å².